The first-order chi connectivity index (χ1) is 9.48. The number of hydrogen-bond donors (Lipinski definition) is 1. The first-order valence-corrected chi connectivity index (χ1v) is 8.06. The molecule has 1 N–H and O–H groups in total. The smallest absolute Gasteiger partial charge is 0.128 e. The van der Waals surface area contributed by atoms with Crippen LogP contribution in [0.4, 0.5) is 0 Å². The van der Waals surface area contributed by atoms with E-state index in [2.05, 4.69) is 44.2 Å². The highest BCUT2D eigenvalue weighted by Crippen LogP contribution is 2.24. The Morgan fingerprint density at radius 2 is 2.15 bits per heavy atom. The average Bonchev–Trinajstić information content (AvgIpc) is 2.41. The van der Waals surface area contributed by atoms with E-state index in [0.717, 1.165) is 37.5 Å². The van der Waals surface area contributed by atoms with E-state index >= 15 is 0 Å². The van der Waals surface area contributed by atoms with Crippen LogP contribution in [0.15, 0.2) is 6.20 Å². The summed E-state index contributed by atoms with van der Waals surface area (Å²) in [5.74, 6) is 1.77. The number of unbranched alkanes of at least 4 members (excludes halogenated alkanes) is 1. The Labute approximate surface area is 123 Å². The summed E-state index contributed by atoms with van der Waals surface area (Å²) in [7, 11) is 0. The van der Waals surface area contributed by atoms with Crippen molar-refractivity contribution in [1.29, 1.82) is 0 Å². The van der Waals surface area contributed by atoms with Crippen LogP contribution in [0.25, 0.3) is 0 Å². The van der Waals surface area contributed by atoms with Crippen molar-refractivity contribution in [3.63, 3.8) is 0 Å². The number of hydrogen-bond acceptors (Lipinski definition) is 3. The van der Waals surface area contributed by atoms with E-state index in [-0.39, 0.29) is 5.54 Å². The van der Waals surface area contributed by atoms with Gasteiger partial charge in [0, 0.05) is 23.9 Å². The summed E-state index contributed by atoms with van der Waals surface area (Å²) in [4.78, 5) is 9.30. The topological polar surface area (TPSA) is 37.8 Å². The van der Waals surface area contributed by atoms with Crippen LogP contribution >= 0.6 is 0 Å². The molecule has 20 heavy (non-hydrogen) atoms. The summed E-state index contributed by atoms with van der Waals surface area (Å²) in [6, 6.07) is 0. The van der Waals surface area contributed by atoms with Gasteiger partial charge in [0.1, 0.15) is 5.82 Å². The van der Waals surface area contributed by atoms with Crippen LogP contribution in [0.1, 0.15) is 64.0 Å². The average molecular weight is 275 g/mol. The standard InChI is InChI=1S/C17H29N3/c1-5-6-7-16-18-12-14-10-13(8-9-15(14)20-16)11-19-17(2,3)4/h12-13,19H,5-11H2,1-4H3. The van der Waals surface area contributed by atoms with Gasteiger partial charge in [-0.2, -0.15) is 0 Å². The minimum Gasteiger partial charge on any atom is -0.312 e. The molecule has 0 radical (unpaired) electrons. The van der Waals surface area contributed by atoms with Crippen molar-refractivity contribution in [2.24, 2.45) is 5.92 Å². The Bertz CT molecular complexity index is 434. The second kappa shape index (κ2) is 6.66. The van der Waals surface area contributed by atoms with Crippen molar-refractivity contribution < 1.29 is 0 Å². The molecule has 0 fully saturated rings. The Balaban J connectivity index is 1.93. The molecule has 112 valence electrons. The fourth-order valence-corrected chi connectivity index (χ4v) is 2.70. The molecule has 1 atom stereocenters. The van der Waals surface area contributed by atoms with Gasteiger partial charge in [-0.3, -0.25) is 0 Å². The molecule has 0 saturated carbocycles. The van der Waals surface area contributed by atoms with Crippen LogP contribution in [0, 0.1) is 5.92 Å². The SMILES string of the molecule is CCCCc1ncc2c(n1)CCC(CNC(C)(C)C)C2. The van der Waals surface area contributed by atoms with Crippen molar-refractivity contribution >= 4 is 0 Å². The number of fused-ring (bicyclic) bond motifs is 1. The predicted octanol–water partition coefficient (Wildman–Crippen LogP) is 3.31. The molecule has 1 unspecified atom stereocenters. The number of nitrogens with one attached hydrogen (secondary N) is 1. The van der Waals surface area contributed by atoms with E-state index in [0.29, 0.717) is 0 Å². The lowest BCUT2D eigenvalue weighted by molar-refractivity contribution is 0.346. The van der Waals surface area contributed by atoms with E-state index in [1.165, 1.54) is 30.5 Å². The molecule has 0 aliphatic heterocycles. The molecular weight excluding hydrogens is 246 g/mol. The predicted molar refractivity (Wildman–Crippen MR) is 83.9 cm³/mol. The van der Waals surface area contributed by atoms with Gasteiger partial charge in [-0.05, 0) is 64.5 Å². The highest BCUT2D eigenvalue weighted by Gasteiger charge is 2.21. The van der Waals surface area contributed by atoms with Crippen molar-refractivity contribution in [2.45, 2.75) is 71.8 Å². The van der Waals surface area contributed by atoms with Gasteiger partial charge in [-0.25, -0.2) is 9.97 Å². The molecule has 0 amide bonds. The van der Waals surface area contributed by atoms with Crippen LogP contribution in [0.2, 0.25) is 0 Å². The summed E-state index contributed by atoms with van der Waals surface area (Å²) >= 11 is 0. The molecule has 0 saturated heterocycles. The summed E-state index contributed by atoms with van der Waals surface area (Å²) in [6.07, 6.45) is 9.01. The Kier molecular flexibility index (Phi) is 5.14. The van der Waals surface area contributed by atoms with Crippen LogP contribution in [0.3, 0.4) is 0 Å². The maximum absolute atomic E-state index is 4.76. The minimum absolute atomic E-state index is 0.209. The van der Waals surface area contributed by atoms with Gasteiger partial charge in [-0.1, -0.05) is 13.3 Å². The lowest BCUT2D eigenvalue weighted by atomic mass is 9.86. The molecule has 0 aromatic carbocycles. The van der Waals surface area contributed by atoms with Crippen LogP contribution < -0.4 is 5.32 Å². The molecule has 0 spiro atoms. The molecule has 0 bridgehead atoms. The molecule has 1 aromatic heterocycles. The molecule has 3 heteroatoms. The second-order valence-electron chi connectivity index (χ2n) is 7.10. The van der Waals surface area contributed by atoms with Gasteiger partial charge in [0.15, 0.2) is 0 Å². The summed E-state index contributed by atoms with van der Waals surface area (Å²) in [5.41, 5.74) is 2.89. The molecule has 1 heterocycles. The van der Waals surface area contributed by atoms with Gasteiger partial charge in [0.2, 0.25) is 0 Å². The molecular formula is C17H29N3. The fourth-order valence-electron chi connectivity index (χ4n) is 2.70. The van der Waals surface area contributed by atoms with Crippen LogP contribution in [-0.4, -0.2) is 22.1 Å². The highest BCUT2D eigenvalue weighted by molar-refractivity contribution is 5.21. The Hall–Kier alpha value is -0.960. The molecule has 1 aliphatic carbocycles. The quantitative estimate of drug-likeness (QED) is 0.896. The Morgan fingerprint density at radius 3 is 2.85 bits per heavy atom. The summed E-state index contributed by atoms with van der Waals surface area (Å²) in [5, 5.41) is 3.62. The molecule has 2 rings (SSSR count). The van der Waals surface area contributed by atoms with E-state index in [4.69, 9.17) is 4.98 Å². The minimum atomic E-state index is 0.209. The van der Waals surface area contributed by atoms with E-state index < -0.39 is 0 Å². The first kappa shape index (κ1) is 15.4. The molecule has 1 aliphatic rings. The van der Waals surface area contributed by atoms with Crippen LogP contribution in [-0.2, 0) is 19.3 Å². The van der Waals surface area contributed by atoms with Crippen molar-refractivity contribution in [3.8, 4) is 0 Å². The van der Waals surface area contributed by atoms with Crippen molar-refractivity contribution in [2.75, 3.05) is 6.54 Å². The fraction of sp³-hybridized carbons (Fsp3) is 0.765. The second-order valence-corrected chi connectivity index (χ2v) is 7.10. The normalized spacial score (nSPS) is 18.9. The highest BCUT2D eigenvalue weighted by atomic mass is 14.9. The monoisotopic (exact) mass is 275 g/mol. The van der Waals surface area contributed by atoms with Gasteiger partial charge in [0.05, 0.1) is 0 Å². The van der Waals surface area contributed by atoms with E-state index in [9.17, 15) is 0 Å². The maximum atomic E-state index is 4.76. The lowest BCUT2D eigenvalue weighted by Crippen LogP contribution is -2.40. The first-order valence-electron chi connectivity index (χ1n) is 8.06. The zero-order valence-electron chi connectivity index (χ0n) is 13.5. The third kappa shape index (κ3) is 4.55. The number of aromatic nitrogens is 2. The Morgan fingerprint density at radius 1 is 1.35 bits per heavy atom. The number of rotatable bonds is 5. The maximum Gasteiger partial charge on any atom is 0.128 e. The van der Waals surface area contributed by atoms with Gasteiger partial charge in [-0.15, -0.1) is 0 Å². The zero-order chi connectivity index (χ0) is 14.6. The van der Waals surface area contributed by atoms with Gasteiger partial charge in [0.25, 0.3) is 0 Å². The molecule has 3 nitrogen and oxygen atoms in total. The zero-order valence-corrected chi connectivity index (χ0v) is 13.5. The summed E-state index contributed by atoms with van der Waals surface area (Å²) < 4.78 is 0. The number of nitrogens with zero attached hydrogens (tertiary/aromatic N) is 2. The summed E-state index contributed by atoms with van der Waals surface area (Å²) in [6.45, 7) is 10.00. The van der Waals surface area contributed by atoms with Gasteiger partial charge < -0.3 is 5.32 Å². The number of aryl methyl sites for hydroxylation is 2. The largest absolute Gasteiger partial charge is 0.312 e. The van der Waals surface area contributed by atoms with E-state index in [1.54, 1.807) is 0 Å². The molecule has 1 aromatic rings. The third-order valence-corrected chi connectivity index (χ3v) is 3.98. The van der Waals surface area contributed by atoms with Crippen molar-refractivity contribution in [1.82, 2.24) is 15.3 Å². The van der Waals surface area contributed by atoms with Crippen molar-refractivity contribution in [3.05, 3.63) is 23.3 Å². The third-order valence-electron chi connectivity index (χ3n) is 3.98. The van der Waals surface area contributed by atoms with E-state index in [1.807, 2.05) is 0 Å². The van der Waals surface area contributed by atoms with Crippen LogP contribution in [0.5, 0.6) is 0 Å². The lowest BCUT2D eigenvalue weighted by Gasteiger charge is -2.28. The van der Waals surface area contributed by atoms with Gasteiger partial charge >= 0.3 is 0 Å².